The molecule has 0 atom stereocenters. The predicted octanol–water partition coefficient (Wildman–Crippen LogP) is 5.40. The molecule has 0 spiro atoms. The first-order valence-corrected chi connectivity index (χ1v) is 10.3. The Morgan fingerprint density at radius 3 is 2.19 bits per heavy atom. The maximum atomic E-state index is 12.9. The molecule has 0 fully saturated rings. The van der Waals surface area contributed by atoms with Crippen LogP contribution in [-0.2, 0) is 4.79 Å². The van der Waals surface area contributed by atoms with Gasteiger partial charge in [0.2, 0.25) is 5.91 Å². The van der Waals surface area contributed by atoms with Crippen molar-refractivity contribution in [1.82, 2.24) is 0 Å². The fourth-order valence-electron chi connectivity index (χ4n) is 3.10. The second kappa shape index (κ2) is 10.8. The zero-order valence-corrected chi connectivity index (χ0v) is 17.7. The van der Waals surface area contributed by atoms with Gasteiger partial charge in [-0.15, -0.1) is 0 Å². The van der Waals surface area contributed by atoms with Crippen molar-refractivity contribution in [2.75, 3.05) is 23.4 Å². The van der Waals surface area contributed by atoms with E-state index >= 15 is 0 Å². The Kier molecular flexibility index (Phi) is 7.60. The molecule has 5 nitrogen and oxygen atoms in total. The summed E-state index contributed by atoms with van der Waals surface area (Å²) >= 11 is 0. The van der Waals surface area contributed by atoms with Crippen molar-refractivity contribution in [3.05, 3.63) is 96.1 Å². The second-order valence-electron chi connectivity index (χ2n) is 6.79. The number of nitrogens with one attached hydrogen (secondary N) is 1. The highest BCUT2D eigenvalue weighted by Crippen LogP contribution is 2.18. The number of hydrogen-bond acceptors (Lipinski definition) is 3. The Morgan fingerprint density at radius 1 is 0.903 bits per heavy atom. The zero-order chi connectivity index (χ0) is 22.1. The average Bonchev–Trinajstić information content (AvgIpc) is 2.80. The molecule has 0 saturated heterocycles. The number of anilines is 2. The summed E-state index contributed by atoms with van der Waals surface area (Å²) in [7, 11) is 0. The summed E-state index contributed by atoms with van der Waals surface area (Å²) in [5, 5.41) is 2.81. The van der Waals surface area contributed by atoms with Crippen molar-refractivity contribution in [2.45, 2.75) is 13.8 Å². The maximum Gasteiger partial charge on any atom is 0.258 e. The van der Waals surface area contributed by atoms with Gasteiger partial charge in [0.15, 0.2) is 0 Å². The quantitative estimate of drug-likeness (QED) is 0.502. The number of hydrogen-bond donors (Lipinski definition) is 1. The Balaban J connectivity index is 1.60. The van der Waals surface area contributed by atoms with E-state index in [1.165, 1.54) is 6.08 Å². The van der Waals surface area contributed by atoms with Crippen molar-refractivity contribution in [3.8, 4) is 5.75 Å². The molecule has 5 heteroatoms. The first-order valence-electron chi connectivity index (χ1n) is 10.3. The Bertz CT molecular complexity index is 1030. The molecular formula is C26H26N2O3. The summed E-state index contributed by atoms with van der Waals surface area (Å²) in [6.45, 7) is 5.06. The van der Waals surface area contributed by atoms with Crippen LogP contribution in [0.1, 0.15) is 29.8 Å². The van der Waals surface area contributed by atoms with Crippen molar-refractivity contribution in [3.63, 3.8) is 0 Å². The van der Waals surface area contributed by atoms with Gasteiger partial charge in [-0.2, -0.15) is 0 Å². The van der Waals surface area contributed by atoms with Gasteiger partial charge in [-0.25, -0.2) is 0 Å². The van der Waals surface area contributed by atoms with Crippen LogP contribution < -0.4 is 15.0 Å². The first-order chi connectivity index (χ1) is 15.1. The number of carbonyl (C=O) groups excluding carboxylic acids is 2. The summed E-state index contributed by atoms with van der Waals surface area (Å²) in [5.41, 5.74) is 2.95. The third-order valence-corrected chi connectivity index (χ3v) is 4.65. The minimum atomic E-state index is -0.243. The molecular weight excluding hydrogens is 388 g/mol. The van der Waals surface area contributed by atoms with E-state index in [-0.39, 0.29) is 11.8 Å². The van der Waals surface area contributed by atoms with Crippen molar-refractivity contribution >= 4 is 29.3 Å². The van der Waals surface area contributed by atoms with E-state index < -0.39 is 0 Å². The molecule has 0 unspecified atom stereocenters. The molecule has 0 aliphatic carbocycles. The number of amides is 2. The maximum absolute atomic E-state index is 12.9. The molecule has 0 aliphatic heterocycles. The lowest BCUT2D eigenvalue weighted by atomic mass is 10.1. The highest BCUT2D eigenvalue weighted by molar-refractivity contribution is 6.07. The Hall–Kier alpha value is -3.86. The minimum absolute atomic E-state index is 0.0815. The molecule has 0 aliphatic rings. The largest absolute Gasteiger partial charge is 0.494 e. The molecule has 2 amide bonds. The molecule has 0 radical (unpaired) electrons. The SMILES string of the molecule is CCOc1ccc(/C=C/C(=O)Nc2ccc(C(=O)N(CC)c3ccccc3)cc2)cc1. The predicted molar refractivity (Wildman–Crippen MR) is 126 cm³/mol. The van der Waals surface area contributed by atoms with E-state index in [2.05, 4.69) is 5.32 Å². The third-order valence-electron chi connectivity index (χ3n) is 4.65. The average molecular weight is 415 g/mol. The first kappa shape index (κ1) is 21.8. The molecule has 3 aromatic carbocycles. The topological polar surface area (TPSA) is 58.6 Å². The van der Waals surface area contributed by atoms with E-state index in [0.717, 1.165) is 17.0 Å². The van der Waals surface area contributed by atoms with Crippen LogP contribution >= 0.6 is 0 Å². The molecule has 0 saturated carbocycles. The van der Waals surface area contributed by atoms with Crippen molar-refractivity contribution < 1.29 is 14.3 Å². The summed E-state index contributed by atoms with van der Waals surface area (Å²) < 4.78 is 5.41. The summed E-state index contributed by atoms with van der Waals surface area (Å²) in [4.78, 5) is 26.8. The van der Waals surface area contributed by atoms with Crippen LogP contribution in [0.3, 0.4) is 0 Å². The van der Waals surface area contributed by atoms with Gasteiger partial charge >= 0.3 is 0 Å². The van der Waals surface area contributed by atoms with Gasteiger partial charge in [0.25, 0.3) is 5.91 Å². The number of para-hydroxylation sites is 1. The summed E-state index contributed by atoms with van der Waals surface area (Å²) in [6, 6.07) is 24.0. The van der Waals surface area contributed by atoms with Gasteiger partial charge in [-0.05, 0) is 74.0 Å². The van der Waals surface area contributed by atoms with Crippen LogP contribution in [0.4, 0.5) is 11.4 Å². The highest BCUT2D eigenvalue weighted by atomic mass is 16.5. The Labute approximate surface area is 183 Å². The number of benzene rings is 3. The Morgan fingerprint density at radius 2 is 1.58 bits per heavy atom. The normalized spacial score (nSPS) is 10.6. The molecule has 3 rings (SSSR count). The summed E-state index contributed by atoms with van der Waals surface area (Å²) in [5.74, 6) is 0.474. The third kappa shape index (κ3) is 6.06. The van der Waals surface area contributed by atoms with Crippen molar-refractivity contribution in [1.29, 1.82) is 0 Å². The van der Waals surface area contributed by atoms with E-state index in [4.69, 9.17) is 4.74 Å². The van der Waals surface area contributed by atoms with Crippen LogP contribution in [0.25, 0.3) is 6.08 Å². The smallest absolute Gasteiger partial charge is 0.258 e. The fraction of sp³-hybridized carbons (Fsp3) is 0.154. The number of carbonyl (C=O) groups is 2. The molecule has 31 heavy (non-hydrogen) atoms. The van der Waals surface area contributed by atoms with Crippen molar-refractivity contribution in [2.24, 2.45) is 0 Å². The monoisotopic (exact) mass is 414 g/mol. The van der Waals surface area contributed by atoms with E-state index in [9.17, 15) is 9.59 Å². The van der Waals surface area contributed by atoms with Crippen LogP contribution in [0.15, 0.2) is 84.9 Å². The minimum Gasteiger partial charge on any atom is -0.494 e. The van der Waals surface area contributed by atoms with E-state index in [1.54, 1.807) is 35.2 Å². The van der Waals surface area contributed by atoms with E-state index in [1.807, 2.05) is 68.4 Å². The van der Waals surface area contributed by atoms with Gasteiger partial charge in [-0.3, -0.25) is 9.59 Å². The number of rotatable bonds is 8. The van der Waals surface area contributed by atoms with Gasteiger partial charge in [-0.1, -0.05) is 30.3 Å². The molecule has 0 heterocycles. The van der Waals surface area contributed by atoms with Crippen LogP contribution in [-0.4, -0.2) is 25.0 Å². The number of nitrogens with zero attached hydrogens (tertiary/aromatic N) is 1. The van der Waals surface area contributed by atoms with Crippen LogP contribution in [0, 0.1) is 0 Å². The lowest BCUT2D eigenvalue weighted by Crippen LogP contribution is -2.30. The molecule has 3 aromatic rings. The second-order valence-corrected chi connectivity index (χ2v) is 6.79. The van der Waals surface area contributed by atoms with Gasteiger partial charge in [0.1, 0.15) is 5.75 Å². The number of ether oxygens (including phenoxy) is 1. The molecule has 0 aromatic heterocycles. The van der Waals surface area contributed by atoms with Crippen LogP contribution in [0.2, 0.25) is 0 Å². The fourth-order valence-corrected chi connectivity index (χ4v) is 3.10. The molecule has 158 valence electrons. The molecule has 1 N–H and O–H groups in total. The van der Waals surface area contributed by atoms with E-state index in [0.29, 0.717) is 24.4 Å². The highest BCUT2D eigenvalue weighted by Gasteiger charge is 2.15. The molecule has 0 bridgehead atoms. The van der Waals surface area contributed by atoms with Crippen LogP contribution in [0.5, 0.6) is 5.75 Å². The lowest BCUT2D eigenvalue weighted by Gasteiger charge is -2.21. The standard InChI is InChI=1S/C26H26N2O3/c1-3-28(23-8-6-5-7-9-23)26(30)21-13-15-22(16-14-21)27-25(29)19-12-20-10-17-24(18-11-20)31-4-2/h5-19H,3-4H2,1-2H3,(H,27,29)/b19-12+. The van der Waals surface area contributed by atoms with Gasteiger partial charge in [0, 0.05) is 29.6 Å². The lowest BCUT2D eigenvalue weighted by molar-refractivity contribution is -0.111. The summed E-state index contributed by atoms with van der Waals surface area (Å²) in [6.07, 6.45) is 3.21. The van der Waals surface area contributed by atoms with Gasteiger partial charge in [0.05, 0.1) is 6.61 Å². The zero-order valence-electron chi connectivity index (χ0n) is 17.7. The van der Waals surface area contributed by atoms with Gasteiger partial charge < -0.3 is 15.0 Å².